The summed E-state index contributed by atoms with van der Waals surface area (Å²) in [6, 6.07) is 10.2. The Labute approximate surface area is 167 Å². The highest BCUT2D eigenvalue weighted by Gasteiger charge is 2.25. The highest BCUT2D eigenvalue weighted by molar-refractivity contribution is 5.94. The molecule has 7 nitrogen and oxygen atoms in total. The molecular formula is C21H22FN3O4. The van der Waals surface area contributed by atoms with E-state index in [1.165, 1.54) is 18.2 Å². The van der Waals surface area contributed by atoms with E-state index in [-0.39, 0.29) is 17.4 Å². The van der Waals surface area contributed by atoms with Crippen LogP contribution >= 0.6 is 0 Å². The Hall–Kier alpha value is -3.42. The van der Waals surface area contributed by atoms with Gasteiger partial charge in [0.2, 0.25) is 11.7 Å². The number of nitrogens with one attached hydrogen (secondary N) is 1. The molecule has 0 aliphatic rings. The van der Waals surface area contributed by atoms with Gasteiger partial charge in [0, 0.05) is 11.1 Å². The lowest BCUT2D eigenvalue weighted by atomic mass is 10.0. The Morgan fingerprint density at radius 3 is 2.52 bits per heavy atom. The fourth-order valence-electron chi connectivity index (χ4n) is 2.82. The number of amides is 1. The Kier molecular flexibility index (Phi) is 6.11. The van der Waals surface area contributed by atoms with Crippen LogP contribution in [0.25, 0.3) is 11.4 Å². The summed E-state index contributed by atoms with van der Waals surface area (Å²) in [4.78, 5) is 17.0. The van der Waals surface area contributed by atoms with Gasteiger partial charge in [0.15, 0.2) is 11.5 Å². The Balaban J connectivity index is 1.85. The van der Waals surface area contributed by atoms with E-state index in [0.29, 0.717) is 22.9 Å². The van der Waals surface area contributed by atoms with Crippen LogP contribution in [0, 0.1) is 11.7 Å². The molecule has 1 aromatic heterocycles. The first kappa shape index (κ1) is 20.3. The molecule has 1 heterocycles. The van der Waals surface area contributed by atoms with Crippen molar-refractivity contribution >= 4 is 5.91 Å². The van der Waals surface area contributed by atoms with Crippen molar-refractivity contribution in [1.29, 1.82) is 0 Å². The van der Waals surface area contributed by atoms with E-state index < -0.39 is 17.8 Å². The van der Waals surface area contributed by atoms with Gasteiger partial charge in [-0.3, -0.25) is 4.79 Å². The van der Waals surface area contributed by atoms with Crippen LogP contribution in [0.4, 0.5) is 4.39 Å². The minimum absolute atomic E-state index is 0.0359. The van der Waals surface area contributed by atoms with Crippen LogP contribution in [0.3, 0.4) is 0 Å². The summed E-state index contributed by atoms with van der Waals surface area (Å²) in [5, 5.41) is 6.86. The Morgan fingerprint density at radius 2 is 1.86 bits per heavy atom. The first-order chi connectivity index (χ1) is 13.9. The number of methoxy groups -OCH3 is 2. The molecule has 3 aromatic rings. The van der Waals surface area contributed by atoms with Crippen molar-refractivity contribution in [3.63, 3.8) is 0 Å². The molecule has 0 unspecified atom stereocenters. The topological polar surface area (TPSA) is 86.5 Å². The van der Waals surface area contributed by atoms with Crippen LogP contribution in [0.1, 0.15) is 36.1 Å². The van der Waals surface area contributed by atoms with Gasteiger partial charge in [-0.05, 0) is 42.3 Å². The molecule has 0 radical (unpaired) electrons. The SMILES string of the molecule is COc1ccc(-c2noc([C@H](NC(=O)c3cccc(F)c3)C(C)C)n2)cc1OC. The quantitative estimate of drug-likeness (QED) is 0.646. The zero-order valence-corrected chi connectivity index (χ0v) is 16.6. The number of nitrogens with zero attached hydrogens (tertiary/aromatic N) is 2. The summed E-state index contributed by atoms with van der Waals surface area (Å²) >= 11 is 0. The molecule has 0 bridgehead atoms. The van der Waals surface area contributed by atoms with Crippen LogP contribution in [0.5, 0.6) is 11.5 Å². The average Bonchev–Trinajstić information content (AvgIpc) is 3.20. The molecule has 0 aliphatic heterocycles. The molecule has 2 aromatic carbocycles. The number of benzene rings is 2. The summed E-state index contributed by atoms with van der Waals surface area (Å²) in [5.74, 6) is 0.798. The Bertz CT molecular complexity index is 1000. The van der Waals surface area contributed by atoms with Gasteiger partial charge in [-0.25, -0.2) is 4.39 Å². The summed E-state index contributed by atoms with van der Waals surface area (Å²) in [6.07, 6.45) is 0. The second-order valence-electron chi connectivity index (χ2n) is 6.73. The predicted octanol–water partition coefficient (Wildman–Crippen LogP) is 4.02. The van der Waals surface area contributed by atoms with Gasteiger partial charge in [0.1, 0.15) is 11.9 Å². The molecule has 1 atom stereocenters. The molecule has 8 heteroatoms. The van der Waals surface area contributed by atoms with Crippen LogP contribution in [-0.2, 0) is 0 Å². The van der Waals surface area contributed by atoms with Crippen molar-refractivity contribution in [3.05, 3.63) is 59.7 Å². The highest BCUT2D eigenvalue weighted by atomic mass is 19.1. The molecule has 0 fully saturated rings. The van der Waals surface area contributed by atoms with Gasteiger partial charge < -0.3 is 19.3 Å². The van der Waals surface area contributed by atoms with Crippen molar-refractivity contribution in [2.45, 2.75) is 19.9 Å². The largest absolute Gasteiger partial charge is 0.493 e. The van der Waals surface area contributed by atoms with E-state index >= 15 is 0 Å². The maximum Gasteiger partial charge on any atom is 0.252 e. The Morgan fingerprint density at radius 1 is 1.10 bits per heavy atom. The van der Waals surface area contributed by atoms with Gasteiger partial charge in [-0.1, -0.05) is 25.1 Å². The number of rotatable bonds is 7. The van der Waals surface area contributed by atoms with Gasteiger partial charge in [-0.2, -0.15) is 4.98 Å². The standard InChI is InChI=1S/C21H22FN3O4/c1-12(2)18(23-20(26)14-6-5-7-15(22)10-14)21-24-19(25-29-21)13-8-9-16(27-3)17(11-13)28-4/h5-12,18H,1-4H3,(H,23,26)/t18-/m1/s1. The number of ether oxygens (including phenoxy) is 2. The third-order valence-electron chi connectivity index (χ3n) is 4.39. The second kappa shape index (κ2) is 8.72. The maximum atomic E-state index is 13.4. The van der Waals surface area contributed by atoms with Crippen molar-refractivity contribution in [2.75, 3.05) is 14.2 Å². The van der Waals surface area contributed by atoms with E-state index in [4.69, 9.17) is 14.0 Å². The summed E-state index contributed by atoms with van der Waals surface area (Å²) in [7, 11) is 3.10. The van der Waals surface area contributed by atoms with Crippen molar-refractivity contribution in [2.24, 2.45) is 5.92 Å². The van der Waals surface area contributed by atoms with Crippen LogP contribution in [0.2, 0.25) is 0 Å². The van der Waals surface area contributed by atoms with E-state index in [0.717, 1.165) is 0 Å². The lowest BCUT2D eigenvalue weighted by Crippen LogP contribution is -2.32. The molecule has 1 amide bonds. The van der Waals surface area contributed by atoms with Crippen LogP contribution < -0.4 is 14.8 Å². The van der Waals surface area contributed by atoms with E-state index in [1.54, 1.807) is 38.5 Å². The zero-order valence-electron chi connectivity index (χ0n) is 16.6. The minimum Gasteiger partial charge on any atom is -0.493 e. The molecule has 0 saturated heterocycles. The van der Waals surface area contributed by atoms with E-state index in [1.807, 2.05) is 13.8 Å². The van der Waals surface area contributed by atoms with Gasteiger partial charge in [0.05, 0.1) is 14.2 Å². The molecule has 0 aliphatic carbocycles. The average molecular weight is 399 g/mol. The van der Waals surface area contributed by atoms with Gasteiger partial charge in [0.25, 0.3) is 5.91 Å². The highest BCUT2D eigenvalue weighted by Crippen LogP contribution is 2.32. The number of hydrogen-bond donors (Lipinski definition) is 1. The molecule has 3 rings (SSSR count). The zero-order chi connectivity index (χ0) is 21.0. The molecule has 29 heavy (non-hydrogen) atoms. The van der Waals surface area contributed by atoms with Crippen molar-refractivity contribution < 1.29 is 23.2 Å². The van der Waals surface area contributed by atoms with Crippen molar-refractivity contribution in [1.82, 2.24) is 15.5 Å². The first-order valence-corrected chi connectivity index (χ1v) is 9.05. The molecule has 0 saturated carbocycles. The van der Waals surface area contributed by atoms with Crippen LogP contribution in [-0.4, -0.2) is 30.3 Å². The van der Waals surface area contributed by atoms with Gasteiger partial charge in [-0.15, -0.1) is 0 Å². The number of halogens is 1. The first-order valence-electron chi connectivity index (χ1n) is 9.05. The summed E-state index contributed by atoms with van der Waals surface area (Å²) < 4.78 is 29.4. The second-order valence-corrected chi connectivity index (χ2v) is 6.73. The number of aromatic nitrogens is 2. The molecular weight excluding hydrogens is 377 g/mol. The van der Waals surface area contributed by atoms with E-state index in [2.05, 4.69) is 15.5 Å². The monoisotopic (exact) mass is 399 g/mol. The smallest absolute Gasteiger partial charge is 0.252 e. The third kappa shape index (κ3) is 4.53. The van der Waals surface area contributed by atoms with Crippen LogP contribution in [0.15, 0.2) is 47.0 Å². The fraction of sp³-hybridized carbons (Fsp3) is 0.286. The normalized spacial score (nSPS) is 11.9. The number of carbonyl (C=O) groups is 1. The van der Waals surface area contributed by atoms with E-state index in [9.17, 15) is 9.18 Å². The lowest BCUT2D eigenvalue weighted by molar-refractivity contribution is 0.0913. The third-order valence-corrected chi connectivity index (χ3v) is 4.39. The minimum atomic E-state index is -0.535. The lowest BCUT2D eigenvalue weighted by Gasteiger charge is -2.18. The molecule has 152 valence electrons. The van der Waals surface area contributed by atoms with Gasteiger partial charge >= 0.3 is 0 Å². The van der Waals surface area contributed by atoms with Crippen molar-refractivity contribution in [3.8, 4) is 22.9 Å². The molecule has 1 N–H and O–H groups in total. The fourth-order valence-corrected chi connectivity index (χ4v) is 2.82. The maximum absolute atomic E-state index is 13.4. The molecule has 0 spiro atoms. The number of carbonyl (C=O) groups excluding carboxylic acids is 1. The summed E-state index contributed by atoms with van der Waals surface area (Å²) in [5.41, 5.74) is 0.895. The summed E-state index contributed by atoms with van der Waals surface area (Å²) in [6.45, 7) is 3.83. The number of hydrogen-bond acceptors (Lipinski definition) is 6. The predicted molar refractivity (Wildman–Crippen MR) is 104 cm³/mol.